The lowest BCUT2D eigenvalue weighted by Gasteiger charge is -2.19. The van der Waals surface area contributed by atoms with Crippen molar-refractivity contribution in [3.05, 3.63) is 42.5 Å². The summed E-state index contributed by atoms with van der Waals surface area (Å²) in [6, 6.07) is 5.91. The summed E-state index contributed by atoms with van der Waals surface area (Å²) in [6.45, 7) is 2.50. The summed E-state index contributed by atoms with van der Waals surface area (Å²) in [6.07, 6.45) is 5.88. The molecule has 1 aliphatic heterocycles. The van der Waals surface area contributed by atoms with E-state index >= 15 is 0 Å². The molecule has 0 aliphatic carbocycles. The first-order chi connectivity index (χ1) is 14.2. The summed E-state index contributed by atoms with van der Waals surface area (Å²) < 4.78 is 16.8. The maximum absolute atomic E-state index is 11.5. The van der Waals surface area contributed by atoms with E-state index in [1.54, 1.807) is 23.3 Å². The number of nitrogens with two attached hydrogens (primary N) is 1. The second-order valence-electron chi connectivity index (χ2n) is 6.45. The molecule has 0 spiro atoms. The largest absolute Gasteiger partial charge is 0.454 e. The second-order valence-corrected chi connectivity index (χ2v) is 7.18. The Morgan fingerprint density at radius 3 is 3.07 bits per heavy atom. The normalized spacial score (nSPS) is 12.3. The number of fused-ring (bicyclic) bond motifs is 1. The molecule has 0 fully saturated rings. The van der Waals surface area contributed by atoms with Gasteiger partial charge in [-0.2, -0.15) is 9.36 Å². The van der Waals surface area contributed by atoms with Crippen LogP contribution in [0.3, 0.4) is 0 Å². The Labute approximate surface area is 171 Å². The van der Waals surface area contributed by atoms with Crippen LogP contribution in [0.15, 0.2) is 36.9 Å². The van der Waals surface area contributed by atoms with Crippen LogP contribution < -0.4 is 25.4 Å². The zero-order valence-electron chi connectivity index (χ0n) is 15.7. The fraction of sp³-hybridized carbons (Fsp3) is 0.333. The molecule has 29 heavy (non-hydrogen) atoms. The first-order valence-electron chi connectivity index (χ1n) is 9.13. The highest BCUT2D eigenvalue weighted by molar-refractivity contribution is 7.09. The van der Waals surface area contributed by atoms with Crippen LogP contribution in [0.5, 0.6) is 11.5 Å². The van der Waals surface area contributed by atoms with Crippen molar-refractivity contribution in [3.8, 4) is 17.4 Å². The van der Waals surface area contributed by atoms with E-state index in [1.807, 2.05) is 23.1 Å². The summed E-state index contributed by atoms with van der Waals surface area (Å²) in [5.74, 6) is 1.68. The van der Waals surface area contributed by atoms with Crippen molar-refractivity contribution in [2.75, 3.05) is 31.3 Å². The number of imidazole rings is 1. The van der Waals surface area contributed by atoms with Crippen LogP contribution in [0.1, 0.15) is 12.0 Å². The third-order valence-electron chi connectivity index (χ3n) is 4.30. The number of carbonyl (C=O) groups is 1. The lowest BCUT2D eigenvalue weighted by atomic mass is 10.2. The average Bonchev–Trinajstić information content (AvgIpc) is 3.47. The van der Waals surface area contributed by atoms with Gasteiger partial charge in [0.05, 0.1) is 6.54 Å². The van der Waals surface area contributed by atoms with Gasteiger partial charge in [0.15, 0.2) is 11.5 Å². The highest BCUT2D eigenvalue weighted by Crippen LogP contribution is 2.32. The van der Waals surface area contributed by atoms with Gasteiger partial charge in [0.2, 0.25) is 23.8 Å². The summed E-state index contributed by atoms with van der Waals surface area (Å²) >= 11 is 1.23. The monoisotopic (exact) mass is 415 g/mol. The van der Waals surface area contributed by atoms with Gasteiger partial charge in [0.1, 0.15) is 6.33 Å². The highest BCUT2D eigenvalue weighted by Gasteiger charge is 2.16. The van der Waals surface area contributed by atoms with E-state index in [-0.39, 0.29) is 13.3 Å². The molecule has 1 aromatic carbocycles. The van der Waals surface area contributed by atoms with Gasteiger partial charge in [0.25, 0.3) is 0 Å². The number of primary amides is 1. The Bertz CT molecular complexity index is 960. The summed E-state index contributed by atoms with van der Waals surface area (Å²) in [5, 5.41) is 4.05. The van der Waals surface area contributed by atoms with E-state index in [0.717, 1.165) is 36.6 Å². The SMILES string of the molecule is NC(=O)CN(CCCNCc1ccc2c(c1)OCO2)c1nc(-n2ccnc2)ns1. The standard InChI is InChI=1S/C18H21N7O3S/c19-16(26)10-24(18-22-17(23-29-18)25-7-5-21-11-25)6-1-4-20-9-13-2-3-14-15(8-13)28-12-27-14/h2-3,5,7-8,11,20H,1,4,6,9-10,12H2,(H2,19,26). The predicted molar refractivity (Wildman–Crippen MR) is 107 cm³/mol. The van der Waals surface area contributed by atoms with Crippen molar-refractivity contribution in [3.63, 3.8) is 0 Å². The van der Waals surface area contributed by atoms with Gasteiger partial charge in [-0.3, -0.25) is 9.36 Å². The molecular weight excluding hydrogens is 394 g/mol. The number of nitrogens with zero attached hydrogens (tertiary/aromatic N) is 5. The Morgan fingerprint density at radius 1 is 1.34 bits per heavy atom. The van der Waals surface area contributed by atoms with Crippen LogP contribution in [-0.2, 0) is 11.3 Å². The lowest BCUT2D eigenvalue weighted by Crippen LogP contribution is -2.35. The van der Waals surface area contributed by atoms with Crippen LogP contribution in [0.4, 0.5) is 5.13 Å². The Morgan fingerprint density at radius 2 is 2.24 bits per heavy atom. The number of rotatable bonds is 10. The molecule has 0 atom stereocenters. The summed E-state index contributed by atoms with van der Waals surface area (Å²) in [5.41, 5.74) is 6.53. The zero-order valence-corrected chi connectivity index (χ0v) is 16.5. The fourth-order valence-electron chi connectivity index (χ4n) is 2.93. The number of ether oxygens (including phenoxy) is 2. The molecule has 10 nitrogen and oxygen atoms in total. The highest BCUT2D eigenvalue weighted by atomic mass is 32.1. The van der Waals surface area contributed by atoms with Crippen LogP contribution in [0.25, 0.3) is 5.95 Å². The molecule has 0 radical (unpaired) electrons. The van der Waals surface area contributed by atoms with Crippen molar-refractivity contribution >= 4 is 22.6 Å². The third-order valence-corrected chi connectivity index (χ3v) is 5.07. The lowest BCUT2D eigenvalue weighted by molar-refractivity contribution is -0.116. The number of carbonyl (C=O) groups excluding carboxylic acids is 1. The topological polar surface area (TPSA) is 120 Å². The van der Waals surface area contributed by atoms with Crippen LogP contribution in [0.2, 0.25) is 0 Å². The number of amides is 1. The summed E-state index contributed by atoms with van der Waals surface area (Å²) in [7, 11) is 0. The minimum atomic E-state index is -0.405. The molecule has 3 N–H and O–H groups in total. The molecule has 0 unspecified atom stereocenters. The molecule has 152 valence electrons. The zero-order chi connectivity index (χ0) is 20.1. The number of aromatic nitrogens is 4. The minimum absolute atomic E-state index is 0.0979. The van der Waals surface area contributed by atoms with Gasteiger partial charge in [-0.05, 0) is 30.7 Å². The third kappa shape index (κ3) is 4.81. The smallest absolute Gasteiger partial charge is 0.248 e. The van der Waals surface area contributed by atoms with Gasteiger partial charge in [-0.25, -0.2) is 4.98 Å². The molecular formula is C18H21N7O3S. The van der Waals surface area contributed by atoms with Gasteiger partial charge in [-0.15, -0.1) is 0 Å². The van der Waals surface area contributed by atoms with E-state index < -0.39 is 5.91 Å². The van der Waals surface area contributed by atoms with Gasteiger partial charge in [0, 0.05) is 37.0 Å². The van der Waals surface area contributed by atoms with Gasteiger partial charge < -0.3 is 25.4 Å². The van der Waals surface area contributed by atoms with E-state index in [2.05, 4.69) is 19.7 Å². The van der Waals surface area contributed by atoms with Crippen molar-refractivity contribution in [1.29, 1.82) is 0 Å². The van der Waals surface area contributed by atoms with E-state index in [9.17, 15) is 4.79 Å². The van der Waals surface area contributed by atoms with E-state index in [4.69, 9.17) is 15.2 Å². The summed E-state index contributed by atoms with van der Waals surface area (Å²) in [4.78, 5) is 21.8. The van der Waals surface area contributed by atoms with Crippen molar-refractivity contribution in [1.82, 2.24) is 24.2 Å². The Hall–Kier alpha value is -3.18. The quantitative estimate of drug-likeness (QED) is 0.469. The van der Waals surface area contributed by atoms with Crippen molar-refractivity contribution < 1.29 is 14.3 Å². The molecule has 4 rings (SSSR count). The van der Waals surface area contributed by atoms with Crippen molar-refractivity contribution in [2.24, 2.45) is 5.73 Å². The molecule has 0 saturated carbocycles. The van der Waals surface area contributed by atoms with Gasteiger partial charge >= 0.3 is 0 Å². The van der Waals surface area contributed by atoms with E-state index in [0.29, 0.717) is 17.6 Å². The number of hydrogen-bond acceptors (Lipinski definition) is 9. The minimum Gasteiger partial charge on any atom is -0.454 e. The second kappa shape index (κ2) is 8.88. The molecule has 1 amide bonds. The van der Waals surface area contributed by atoms with Crippen LogP contribution in [-0.4, -0.2) is 51.2 Å². The van der Waals surface area contributed by atoms with Crippen molar-refractivity contribution in [2.45, 2.75) is 13.0 Å². The first kappa shape index (κ1) is 19.2. The number of anilines is 1. The van der Waals surface area contributed by atoms with Crippen LogP contribution in [0, 0.1) is 0 Å². The molecule has 2 aromatic heterocycles. The van der Waals surface area contributed by atoms with E-state index in [1.165, 1.54) is 11.5 Å². The maximum atomic E-state index is 11.5. The average molecular weight is 415 g/mol. The Kier molecular flexibility index (Phi) is 5.86. The number of hydrogen-bond donors (Lipinski definition) is 2. The number of benzene rings is 1. The maximum Gasteiger partial charge on any atom is 0.248 e. The molecule has 11 heteroatoms. The van der Waals surface area contributed by atoms with Crippen LogP contribution >= 0.6 is 11.5 Å². The molecule has 1 aliphatic rings. The molecule has 0 bridgehead atoms. The van der Waals surface area contributed by atoms with Gasteiger partial charge in [-0.1, -0.05) is 6.07 Å². The molecule has 3 heterocycles. The number of nitrogens with one attached hydrogen (secondary N) is 1. The predicted octanol–water partition coefficient (Wildman–Crippen LogP) is 0.924. The first-order valence-corrected chi connectivity index (χ1v) is 9.91. The Balaban J connectivity index is 1.28. The molecule has 3 aromatic rings. The molecule has 0 saturated heterocycles. The fourth-order valence-corrected chi connectivity index (χ4v) is 3.62.